The minimum Gasteiger partial charge on any atom is -0.503 e. The first-order valence-corrected chi connectivity index (χ1v) is 17.8. The number of imide groups is 4. The first kappa shape index (κ1) is 33.4. The fraction of sp³-hybridized carbons (Fsp3) is 0.333. The fourth-order valence-corrected chi connectivity index (χ4v) is 10.5. The van der Waals surface area contributed by atoms with Crippen LogP contribution in [0.3, 0.4) is 0 Å². The second kappa shape index (κ2) is 11.4. The van der Waals surface area contributed by atoms with Crippen molar-refractivity contribution in [3.05, 3.63) is 69.2 Å². The molecule has 2 aliphatic heterocycles. The van der Waals surface area contributed by atoms with Gasteiger partial charge in [0.2, 0.25) is 23.6 Å². The maximum atomic E-state index is 15.0. The number of likely N-dealkylation sites (tertiary alicyclic amines) is 1. The van der Waals surface area contributed by atoms with Gasteiger partial charge in [0.05, 0.1) is 40.2 Å². The van der Waals surface area contributed by atoms with Gasteiger partial charge in [0, 0.05) is 28.8 Å². The molecule has 15 heteroatoms. The number of aryl methyl sites for hydroxylation is 2. The van der Waals surface area contributed by atoms with E-state index in [1.165, 1.54) is 34.1 Å². The summed E-state index contributed by atoms with van der Waals surface area (Å²) in [7, 11) is 3.04. The van der Waals surface area contributed by atoms with Crippen molar-refractivity contribution in [3.63, 3.8) is 0 Å². The van der Waals surface area contributed by atoms with E-state index in [1.807, 2.05) is 31.2 Å². The molecule has 3 N–H and O–H groups in total. The monoisotopic (exact) mass is 747 g/mol. The molecule has 6 unspecified atom stereocenters. The molecular formula is C36H31Cl2N5O7S. The minimum absolute atomic E-state index is 0.0298. The van der Waals surface area contributed by atoms with Crippen LogP contribution < -0.4 is 15.4 Å². The van der Waals surface area contributed by atoms with Gasteiger partial charge in [-0.2, -0.15) is 10.00 Å². The van der Waals surface area contributed by atoms with Gasteiger partial charge in [0.15, 0.2) is 11.5 Å². The SMILES string of the molecule is COc1cc(C2C3=CCC4C(=O)N(C(N)=O)C(=O)C4C3CC3C(=O)N(c4cc(-c5sc6ccc(Cl)cc6c5C)nn4C)C(=O)C32C)cc(Cl)c1O. The number of aromatic nitrogens is 2. The Bertz CT molecular complexity index is 2320. The van der Waals surface area contributed by atoms with Crippen LogP contribution in [0.4, 0.5) is 10.6 Å². The van der Waals surface area contributed by atoms with E-state index in [2.05, 4.69) is 0 Å². The second-order valence-corrected chi connectivity index (χ2v) is 15.7. The third-order valence-electron chi connectivity index (χ3n) is 11.3. The van der Waals surface area contributed by atoms with Gasteiger partial charge in [0.1, 0.15) is 11.5 Å². The Hall–Kier alpha value is -4.72. The average molecular weight is 749 g/mol. The van der Waals surface area contributed by atoms with E-state index in [1.54, 1.807) is 26.1 Å². The Labute approximate surface area is 305 Å². The van der Waals surface area contributed by atoms with Crippen molar-refractivity contribution in [2.24, 2.45) is 41.9 Å². The Morgan fingerprint density at radius 2 is 1.82 bits per heavy atom. The molecule has 8 rings (SSSR count). The number of thiophene rings is 1. The lowest BCUT2D eigenvalue weighted by Crippen LogP contribution is -2.49. The average Bonchev–Trinajstić information content (AvgIpc) is 3.76. The maximum absolute atomic E-state index is 15.0. The number of carbonyl (C=O) groups is 5. The van der Waals surface area contributed by atoms with Gasteiger partial charge >= 0.3 is 6.03 Å². The van der Waals surface area contributed by atoms with Crippen LogP contribution in [0.25, 0.3) is 20.7 Å². The highest BCUT2D eigenvalue weighted by Gasteiger charge is 2.68. The van der Waals surface area contributed by atoms with Crippen LogP contribution in [-0.2, 0) is 26.2 Å². The van der Waals surface area contributed by atoms with E-state index < -0.39 is 64.7 Å². The highest BCUT2D eigenvalue weighted by molar-refractivity contribution is 7.22. The number of hydrogen-bond acceptors (Lipinski definition) is 9. The number of amides is 6. The number of hydrogen-bond donors (Lipinski definition) is 2. The molecule has 6 atom stereocenters. The lowest BCUT2D eigenvalue weighted by Gasteiger charge is -2.49. The molecule has 262 valence electrons. The number of nitrogens with two attached hydrogens (primary N) is 1. The summed E-state index contributed by atoms with van der Waals surface area (Å²) in [5, 5.41) is 16.9. The predicted octanol–water partition coefficient (Wildman–Crippen LogP) is 5.94. The second-order valence-electron chi connectivity index (χ2n) is 13.8. The minimum atomic E-state index is -1.40. The molecule has 4 aromatic rings. The number of anilines is 1. The van der Waals surface area contributed by atoms with E-state index in [9.17, 15) is 29.1 Å². The first-order valence-electron chi connectivity index (χ1n) is 16.2. The number of primary amides is 1. The number of methoxy groups -OCH3 is 1. The summed E-state index contributed by atoms with van der Waals surface area (Å²) in [6.07, 6.45) is 2.03. The smallest absolute Gasteiger partial charge is 0.328 e. The van der Waals surface area contributed by atoms with Crippen molar-refractivity contribution < 1.29 is 33.8 Å². The van der Waals surface area contributed by atoms with Crippen molar-refractivity contribution in [2.75, 3.05) is 12.0 Å². The van der Waals surface area contributed by atoms with Gasteiger partial charge in [-0.05, 0) is 79.5 Å². The van der Waals surface area contributed by atoms with Gasteiger partial charge < -0.3 is 15.6 Å². The summed E-state index contributed by atoms with van der Waals surface area (Å²) >= 11 is 14.3. The van der Waals surface area contributed by atoms with Crippen molar-refractivity contribution in [1.29, 1.82) is 0 Å². The summed E-state index contributed by atoms with van der Waals surface area (Å²) in [5.74, 6) is -6.59. The maximum Gasteiger partial charge on any atom is 0.328 e. The van der Waals surface area contributed by atoms with Crippen LogP contribution >= 0.6 is 34.5 Å². The molecule has 2 aromatic carbocycles. The zero-order valence-corrected chi connectivity index (χ0v) is 30.1. The Morgan fingerprint density at radius 1 is 1.08 bits per heavy atom. The molecule has 4 aliphatic rings. The van der Waals surface area contributed by atoms with Crippen molar-refractivity contribution in [2.45, 2.75) is 32.6 Å². The molecule has 1 saturated carbocycles. The number of urea groups is 1. The van der Waals surface area contributed by atoms with Gasteiger partial charge in [-0.15, -0.1) is 11.3 Å². The van der Waals surface area contributed by atoms with Crippen molar-refractivity contribution in [1.82, 2.24) is 14.7 Å². The van der Waals surface area contributed by atoms with Crippen LogP contribution in [0.2, 0.25) is 10.0 Å². The highest BCUT2D eigenvalue weighted by Crippen LogP contribution is 2.64. The number of benzene rings is 2. The number of fused-ring (bicyclic) bond motifs is 5. The van der Waals surface area contributed by atoms with Gasteiger partial charge in [0.25, 0.3) is 0 Å². The molecule has 0 spiro atoms. The van der Waals surface area contributed by atoms with Gasteiger partial charge in [-0.3, -0.25) is 23.9 Å². The van der Waals surface area contributed by atoms with E-state index in [4.69, 9.17) is 38.8 Å². The Balaban J connectivity index is 1.27. The summed E-state index contributed by atoms with van der Waals surface area (Å²) in [5.41, 5.74) is 6.75. The lowest BCUT2D eigenvalue weighted by molar-refractivity contribution is -0.136. The molecule has 51 heavy (non-hydrogen) atoms. The number of nitrogens with zero attached hydrogens (tertiary/aromatic N) is 4. The van der Waals surface area contributed by atoms with Crippen LogP contribution in [0.5, 0.6) is 11.5 Å². The van der Waals surface area contributed by atoms with E-state index in [0.717, 1.165) is 20.5 Å². The van der Waals surface area contributed by atoms with Gasteiger partial charge in [-0.1, -0.05) is 34.9 Å². The molecule has 6 amide bonds. The summed E-state index contributed by atoms with van der Waals surface area (Å²) in [6.45, 7) is 3.70. The highest BCUT2D eigenvalue weighted by atomic mass is 35.5. The van der Waals surface area contributed by atoms with Crippen molar-refractivity contribution in [3.8, 4) is 22.1 Å². The zero-order chi connectivity index (χ0) is 36.4. The number of allylic oxidation sites excluding steroid dienone is 2. The molecule has 0 radical (unpaired) electrons. The predicted molar refractivity (Wildman–Crippen MR) is 189 cm³/mol. The van der Waals surface area contributed by atoms with E-state index in [0.29, 0.717) is 26.8 Å². The standard InChI is InChI=1S/C36H31Cl2N5O7S/c1-14-19-11-16(37)5-8-25(19)51-30(14)23-13-26(41(3)40-23)42-32(46)21-12-20-17(6-7-18-27(20)33(47)43(31(18)45)35(39)49)28(36(21,2)34(42)48)15-9-22(38)29(44)24(10-15)50-4/h5-6,8-11,13,18,20-21,27-28,44H,7,12H2,1-4H3,(H2,39,49). The molecule has 12 nitrogen and oxygen atoms in total. The number of phenolic OH excluding ortho intramolecular Hbond substituents is 1. The van der Waals surface area contributed by atoms with E-state index >= 15 is 0 Å². The quantitative estimate of drug-likeness (QED) is 0.191. The lowest BCUT2D eigenvalue weighted by atomic mass is 9.51. The third-order valence-corrected chi connectivity index (χ3v) is 13.1. The van der Waals surface area contributed by atoms with E-state index in [-0.39, 0.29) is 35.2 Å². The van der Waals surface area contributed by atoms with Crippen LogP contribution in [0.1, 0.15) is 36.8 Å². The molecule has 2 aliphatic carbocycles. The number of rotatable bonds is 4. The summed E-state index contributed by atoms with van der Waals surface area (Å²) in [4.78, 5) is 71.4. The molecule has 4 heterocycles. The molecule has 2 aromatic heterocycles. The summed E-state index contributed by atoms with van der Waals surface area (Å²) < 4.78 is 7.94. The molecule has 2 saturated heterocycles. The third kappa shape index (κ3) is 4.50. The molecular weight excluding hydrogens is 717 g/mol. The zero-order valence-electron chi connectivity index (χ0n) is 27.8. The van der Waals surface area contributed by atoms with Crippen LogP contribution in [0.15, 0.2) is 48.0 Å². The molecule has 3 fully saturated rings. The van der Waals surface area contributed by atoms with Gasteiger partial charge in [-0.25, -0.2) is 9.69 Å². The number of aromatic hydroxyl groups is 1. The first-order chi connectivity index (χ1) is 24.2. The number of phenols is 1. The van der Waals surface area contributed by atoms with Crippen LogP contribution in [-0.4, -0.2) is 56.6 Å². The normalized spacial score (nSPS) is 27.2. The summed E-state index contributed by atoms with van der Waals surface area (Å²) in [6, 6.07) is 9.31. The van der Waals surface area contributed by atoms with Crippen LogP contribution in [0, 0.1) is 36.0 Å². The number of ether oxygens (including phenoxy) is 1. The Morgan fingerprint density at radius 3 is 2.53 bits per heavy atom. The largest absolute Gasteiger partial charge is 0.503 e. The molecule has 0 bridgehead atoms. The number of carbonyl (C=O) groups excluding carboxylic acids is 5. The fourth-order valence-electron chi connectivity index (χ4n) is 8.96. The Kier molecular flexibility index (Phi) is 7.47. The number of halogens is 2. The van der Waals surface area contributed by atoms with Crippen molar-refractivity contribution >= 4 is 80.1 Å². The topological polar surface area (TPSA) is 165 Å².